The van der Waals surface area contributed by atoms with E-state index in [9.17, 15) is 17.6 Å². The second-order valence-electron chi connectivity index (χ2n) is 7.01. The Hall–Kier alpha value is -3.30. The molecule has 0 N–H and O–H groups in total. The van der Waals surface area contributed by atoms with Crippen LogP contribution in [0.1, 0.15) is 5.56 Å². The number of aromatic nitrogens is 1. The largest absolute Gasteiger partial charge is 0.497 e. The number of rotatable bonds is 7. The van der Waals surface area contributed by atoms with Gasteiger partial charge in [-0.15, -0.1) is 0 Å². The van der Waals surface area contributed by atoms with Crippen molar-refractivity contribution in [2.24, 2.45) is 0 Å². The Morgan fingerprint density at radius 1 is 1.06 bits per heavy atom. The SMILES string of the molecule is COc1ccc2nc(N(Cc3ccccc3)C(=O)CS(=O)(=O)c3ccc(F)cc3)sc2c1. The van der Waals surface area contributed by atoms with Crippen molar-refractivity contribution >= 4 is 42.4 Å². The number of nitrogens with zero attached hydrogens (tertiary/aromatic N) is 2. The van der Waals surface area contributed by atoms with Crippen molar-refractivity contribution in [3.63, 3.8) is 0 Å². The van der Waals surface area contributed by atoms with Crippen LogP contribution in [0.5, 0.6) is 5.75 Å². The van der Waals surface area contributed by atoms with Gasteiger partial charge in [-0.3, -0.25) is 9.69 Å². The molecule has 1 heterocycles. The van der Waals surface area contributed by atoms with Crippen molar-refractivity contribution in [2.45, 2.75) is 11.4 Å². The van der Waals surface area contributed by atoms with E-state index < -0.39 is 27.3 Å². The molecule has 0 aliphatic heterocycles. The van der Waals surface area contributed by atoms with Gasteiger partial charge in [0.25, 0.3) is 0 Å². The molecule has 1 aromatic heterocycles. The number of fused-ring (bicyclic) bond motifs is 1. The smallest absolute Gasteiger partial charge is 0.244 e. The standard InChI is InChI=1S/C23H19FN2O4S2/c1-30-18-9-12-20-21(13-18)31-23(25-20)26(14-16-5-3-2-4-6-16)22(27)15-32(28,29)19-10-7-17(24)8-11-19/h2-13H,14-15H2,1H3. The molecule has 32 heavy (non-hydrogen) atoms. The lowest BCUT2D eigenvalue weighted by Crippen LogP contribution is -2.35. The molecule has 0 unspecified atom stereocenters. The van der Waals surface area contributed by atoms with Gasteiger partial charge in [-0.1, -0.05) is 41.7 Å². The Labute approximate surface area is 188 Å². The van der Waals surface area contributed by atoms with Gasteiger partial charge < -0.3 is 4.74 Å². The molecule has 0 atom stereocenters. The number of carbonyl (C=O) groups is 1. The van der Waals surface area contributed by atoms with E-state index in [1.54, 1.807) is 19.2 Å². The summed E-state index contributed by atoms with van der Waals surface area (Å²) in [5.41, 5.74) is 1.51. The number of carbonyl (C=O) groups excluding carboxylic acids is 1. The third-order valence-corrected chi connectivity index (χ3v) is 7.44. The fourth-order valence-electron chi connectivity index (χ4n) is 3.13. The van der Waals surface area contributed by atoms with Crippen LogP contribution in [0.3, 0.4) is 0 Å². The average Bonchev–Trinajstić information content (AvgIpc) is 3.21. The minimum Gasteiger partial charge on any atom is -0.497 e. The van der Waals surface area contributed by atoms with Gasteiger partial charge in [0.2, 0.25) is 5.91 Å². The topological polar surface area (TPSA) is 76.6 Å². The maximum absolute atomic E-state index is 13.2. The first-order chi connectivity index (χ1) is 15.4. The molecule has 0 saturated heterocycles. The molecule has 6 nitrogen and oxygen atoms in total. The molecule has 9 heteroatoms. The first kappa shape index (κ1) is 21.9. The summed E-state index contributed by atoms with van der Waals surface area (Å²) < 4.78 is 44.8. The molecule has 4 rings (SSSR count). The summed E-state index contributed by atoms with van der Waals surface area (Å²) in [4.78, 5) is 19.0. The molecule has 1 amide bonds. The fraction of sp³-hybridized carbons (Fsp3) is 0.130. The van der Waals surface area contributed by atoms with E-state index in [1.165, 1.54) is 16.2 Å². The number of hydrogen-bond donors (Lipinski definition) is 0. The van der Waals surface area contributed by atoms with Gasteiger partial charge in [0.05, 0.1) is 28.8 Å². The van der Waals surface area contributed by atoms with Crippen molar-refractivity contribution in [1.29, 1.82) is 0 Å². The monoisotopic (exact) mass is 470 g/mol. The summed E-state index contributed by atoms with van der Waals surface area (Å²) in [7, 11) is -2.40. The van der Waals surface area contributed by atoms with Crippen LogP contribution in [0.4, 0.5) is 9.52 Å². The van der Waals surface area contributed by atoms with Crippen LogP contribution in [0, 0.1) is 5.82 Å². The molecule has 0 spiro atoms. The maximum atomic E-state index is 13.2. The summed E-state index contributed by atoms with van der Waals surface area (Å²) in [6.45, 7) is 0.162. The molecule has 0 aliphatic carbocycles. The van der Waals surface area contributed by atoms with Crippen molar-refractivity contribution in [1.82, 2.24) is 4.98 Å². The number of amides is 1. The number of halogens is 1. The van der Waals surface area contributed by atoms with Crippen molar-refractivity contribution < 1.29 is 22.3 Å². The number of anilines is 1. The highest BCUT2D eigenvalue weighted by molar-refractivity contribution is 7.92. The van der Waals surface area contributed by atoms with Gasteiger partial charge in [-0.25, -0.2) is 17.8 Å². The van der Waals surface area contributed by atoms with Crippen molar-refractivity contribution in [2.75, 3.05) is 17.8 Å². The van der Waals surface area contributed by atoms with Crippen LogP contribution >= 0.6 is 11.3 Å². The Balaban J connectivity index is 1.69. The molecule has 164 valence electrons. The number of hydrogen-bond acceptors (Lipinski definition) is 6. The summed E-state index contributed by atoms with van der Waals surface area (Å²) in [5.74, 6) is -1.27. The van der Waals surface area contributed by atoms with Gasteiger partial charge in [0.1, 0.15) is 17.3 Å². The molecule has 4 aromatic rings. The molecular formula is C23H19FN2O4S2. The second-order valence-corrected chi connectivity index (χ2v) is 10.0. The van der Waals surface area contributed by atoms with E-state index in [0.29, 0.717) is 16.4 Å². The average molecular weight is 471 g/mol. The fourth-order valence-corrected chi connectivity index (χ4v) is 5.34. The summed E-state index contributed by atoms with van der Waals surface area (Å²) >= 11 is 1.28. The Kier molecular flexibility index (Phi) is 6.20. The van der Waals surface area contributed by atoms with E-state index in [1.807, 2.05) is 36.4 Å². The van der Waals surface area contributed by atoms with Gasteiger partial charge in [0, 0.05) is 0 Å². The Morgan fingerprint density at radius 3 is 2.47 bits per heavy atom. The van der Waals surface area contributed by atoms with E-state index in [2.05, 4.69) is 4.98 Å². The first-order valence-electron chi connectivity index (χ1n) is 9.63. The molecule has 3 aromatic carbocycles. The van der Waals surface area contributed by atoms with Crippen molar-refractivity contribution in [3.05, 3.63) is 84.2 Å². The lowest BCUT2D eigenvalue weighted by atomic mass is 10.2. The van der Waals surface area contributed by atoms with Gasteiger partial charge >= 0.3 is 0 Å². The number of methoxy groups -OCH3 is 1. The van der Waals surface area contributed by atoms with Crippen molar-refractivity contribution in [3.8, 4) is 5.75 Å². The minimum atomic E-state index is -3.96. The summed E-state index contributed by atoms with van der Waals surface area (Å²) in [6, 6.07) is 19.1. The minimum absolute atomic E-state index is 0.110. The Bertz CT molecular complexity index is 1350. The van der Waals surface area contributed by atoms with E-state index >= 15 is 0 Å². The third-order valence-electron chi connectivity index (χ3n) is 4.79. The number of sulfone groups is 1. The molecule has 0 saturated carbocycles. The molecule has 0 fully saturated rings. The van der Waals surface area contributed by atoms with Crippen LogP contribution in [0.25, 0.3) is 10.2 Å². The highest BCUT2D eigenvalue weighted by Gasteiger charge is 2.27. The van der Waals surface area contributed by atoms with Gasteiger partial charge in [-0.2, -0.15) is 0 Å². The zero-order chi connectivity index (χ0) is 22.7. The maximum Gasteiger partial charge on any atom is 0.244 e. The van der Waals surface area contributed by atoms with Gasteiger partial charge in [0.15, 0.2) is 15.0 Å². The zero-order valence-corrected chi connectivity index (χ0v) is 18.7. The molecule has 0 aliphatic rings. The third kappa shape index (κ3) is 4.79. The van der Waals surface area contributed by atoms with Gasteiger partial charge in [-0.05, 0) is 48.0 Å². The molecule has 0 radical (unpaired) electrons. The molecule has 0 bridgehead atoms. The predicted octanol–water partition coefficient (Wildman–Crippen LogP) is 4.45. The van der Waals surface area contributed by atoms with Crippen LogP contribution in [-0.4, -0.2) is 32.2 Å². The zero-order valence-electron chi connectivity index (χ0n) is 17.1. The van der Waals surface area contributed by atoms with Crippen LogP contribution < -0.4 is 9.64 Å². The summed E-state index contributed by atoms with van der Waals surface area (Å²) in [6.07, 6.45) is 0. The predicted molar refractivity (Wildman–Crippen MR) is 122 cm³/mol. The lowest BCUT2D eigenvalue weighted by molar-refractivity contribution is -0.116. The normalized spacial score (nSPS) is 11.4. The quantitative estimate of drug-likeness (QED) is 0.373. The highest BCUT2D eigenvalue weighted by atomic mass is 32.2. The van der Waals surface area contributed by atoms with E-state index in [-0.39, 0.29) is 11.4 Å². The molecular weight excluding hydrogens is 451 g/mol. The lowest BCUT2D eigenvalue weighted by Gasteiger charge is -2.20. The number of ether oxygens (including phenoxy) is 1. The van der Waals surface area contributed by atoms with Crippen LogP contribution in [-0.2, 0) is 21.2 Å². The highest BCUT2D eigenvalue weighted by Crippen LogP contribution is 2.32. The van der Waals surface area contributed by atoms with E-state index in [0.717, 1.165) is 34.5 Å². The second kappa shape index (κ2) is 9.05. The van der Waals surface area contributed by atoms with Crippen LogP contribution in [0.15, 0.2) is 77.7 Å². The first-order valence-corrected chi connectivity index (χ1v) is 12.1. The summed E-state index contributed by atoms with van der Waals surface area (Å²) in [5, 5.41) is 0.386. The number of benzene rings is 3. The number of thiazole rings is 1. The van der Waals surface area contributed by atoms with E-state index in [4.69, 9.17) is 4.74 Å². The Morgan fingerprint density at radius 2 is 1.78 bits per heavy atom. The van der Waals surface area contributed by atoms with Crippen LogP contribution in [0.2, 0.25) is 0 Å².